The zero-order valence-electron chi connectivity index (χ0n) is 10.5. The normalized spacial score (nSPS) is 9.67. The number of carbonyl (C=O) groups is 2. The van der Waals surface area contributed by atoms with Crippen molar-refractivity contribution in [1.29, 1.82) is 0 Å². The van der Waals surface area contributed by atoms with Crippen LogP contribution in [-0.4, -0.2) is 37.1 Å². The Morgan fingerprint density at radius 1 is 1.44 bits per heavy atom. The lowest BCUT2D eigenvalue weighted by atomic mass is 10.2. The van der Waals surface area contributed by atoms with Gasteiger partial charge in [-0.25, -0.2) is 9.78 Å². The van der Waals surface area contributed by atoms with Gasteiger partial charge in [0.1, 0.15) is 11.4 Å². The third kappa shape index (κ3) is 4.04. The van der Waals surface area contributed by atoms with Crippen LogP contribution in [0.4, 0.5) is 5.82 Å². The Kier molecular flexibility index (Phi) is 5.63. The maximum atomic E-state index is 11.5. The Labute approximate surface area is 106 Å². The van der Waals surface area contributed by atoms with E-state index in [1.165, 1.54) is 7.11 Å². The van der Waals surface area contributed by atoms with Crippen molar-refractivity contribution in [1.82, 2.24) is 10.3 Å². The summed E-state index contributed by atoms with van der Waals surface area (Å²) in [6.45, 7) is 2.88. The number of hydrogen-bond donors (Lipinski definition) is 2. The summed E-state index contributed by atoms with van der Waals surface area (Å²) in [4.78, 5) is 26.7. The highest BCUT2D eigenvalue weighted by atomic mass is 16.5. The van der Waals surface area contributed by atoms with Crippen molar-refractivity contribution in [3.05, 3.63) is 23.9 Å². The molecule has 6 nitrogen and oxygen atoms in total. The number of nitrogens with one attached hydrogen (secondary N) is 2. The first kappa shape index (κ1) is 14.0. The van der Waals surface area contributed by atoms with Crippen LogP contribution in [0.15, 0.2) is 18.3 Å². The van der Waals surface area contributed by atoms with Crippen molar-refractivity contribution in [2.75, 3.05) is 25.5 Å². The van der Waals surface area contributed by atoms with E-state index >= 15 is 0 Å². The summed E-state index contributed by atoms with van der Waals surface area (Å²) in [5, 5.41) is 5.63. The van der Waals surface area contributed by atoms with E-state index in [0.29, 0.717) is 30.9 Å². The first-order valence-electron chi connectivity index (χ1n) is 5.73. The zero-order chi connectivity index (χ0) is 13.4. The molecule has 0 bridgehead atoms. The second-order valence-corrected chi connectivity index (χ2v) is 3.52. The zero-order valence-corrected chi connectivity index (χ0v) is 10.5. The van der Waals surface area contributed by atoms with Gasteiger partial charge in [-0.3, -0.25) is 4.79 Å². The van der Waals surface area contributed by atoms with E-state index in [9.17, 15) is 9.59 Å². The molecule has 0 aliphatic carbocycles. The lowest BCUT2D eigenvalue weighted by molar-refractivity contribution is -0.120. The van der Waals surface area contributed by atoms with Crippen LogP contribution in [-0.2, 0) is 9.53 Å². The maximum Gasteiger partial charge on any atom is 0.341 e. The van der Waals surface area contributed by atoms with Crippen LogP contribution in [0.25, 0.3) is 0 Å². The van der Waals surface area contributed by atoms with Gasteiger partial charge in [-0.2, -0.15) is 0 Å². The Bertz CT molecular complexity index is 421. The second-order valence-electron chi connectivity index (χ2n) is 3.52. The third-order valence-corrected chi connectivity index (χ3v) is 2.23. The smallest absolute Gasteiger partial charge is 0.341 e. The molecule has 0 aliphatic rings. The van der Waals surface area contributed by atoms with Crippen LogP contribution in [0.1, 0.15) is 23.7 Å². The molecule has 0 aliphatic heterocycles. The van der Waals surface area contributed by atoms with Gasteiger partial charge >= 0.3 is 5.97 Å². The van der Waals surface area contributed by atoms with E-state index in [-0.39, 0.29) is 5.91 Å². The molecule has 98 valence electrons. The quantitative estimate of drug-likeness (QED) is 0.731. The number of esters is 1. The number of anilines is 1. The lowest BCUT2D eigenvalue weighted by Crippen LogP contribution is -2.25. The molecule has 1 aromatic rings. The molecule has 0 unspecified atom stereocenters. The number of aromatic nitrogens is 1. The van der Waals surface area contributed by atoms with Crippen molar-refractivity contribution in [2.45, 2.75) is 13.3 Å². The monoisotopic (exact) mass is 251 g/mol. The van der Waals surface area contributed by atoms with E-state index in [4.69, 9.17) is 0 Å². The minimum absolute atomic E-state index is 0.0412. The summed E-state index contributed by atoms with van der Waals surface area (Å²) < 4.78 is 4.64. The minimum Gasteiger partial charge on any atom is -0.465 e. The predicted octanol–water partition coefficient (Wildman–Crippen LogP) is 0.806. The van der Waals surface area contributed by atoms with E-state index in [0.717, 1.165) is 0 Å². The van der Waals surface area contributed by atoms with E-state index in [1.54, 1.807) is 18.3 Å². The average molecular weight is 251 g/mol. The molecule has 1 rings (SSSR count). The van der Waals surface area contributed by atoms with Gasteiger partial charge in [0.2, 0.25) is 5.91 Å². The van der Waals surface area contributed by atoms with Crippen molar-refractivity contribution in [3.63, 3.8) is 0 Å². The van der Waals surface area contributed by atoms with Gasteiger partial charge in [0.25, 0.3) is 0 Å². The second kappa shape index (κ2) is 7.26. The lowest BCUT2D eigenvalue weighted by Gasteiger charge is -2.09. The number of amides is 1. The van der Waals surface area contributed by atoms with Gasteiger partial charge in [-0.05, 0) is 19.1 Å². The van der Waals surface area contributed by atoms with E-state index in [1.807, 2.05) is 6.92 Å². The summed E-state index contributed by atoms with van der Waals surface area (Å²) >= 11 is 0. The highest BCUT2D eigenvalue weighted by Gasteiger charge is 2.12. The Morgan fingerprint density at radius 2 is 2.22 bits per heavy atom. The highest BCUT2D eigenvalue weighted by molar-refractivity contribution is 5.94. The standard InChI is InChI=1S/C12H17N3O3/c1-3-13-10(16)6-8-15-11-9(12(17)18-2)5-4-7-14-11/h4-5,7H,3,6,8H2,1-2H3,(H,13,16)(H,14,15). The molecule has 18 heavy (non-hydrogen) atoms. The molecular formula is C12H17N3O3. The average Bonchev–Trinajstić information content (AvgIpc) is 2.39. The number of nitrogens with zero attached hydrogens (tertiary/aromatic N) is 1. The number of ether oxygens (including phenoxy) is 1. The van der Waals surface area contributed by atoms with Gasteiger partial charge < -0.3 is 15.4 Å². The Morgan fingerprint density at radius 3 is 2.89 bits per heavy atom. The molecule has 1 aromatic heterocycles. The van der Waals surface area contributed by atoms with Gasteiger partial charge in [0, 0.05) is 25.7 Å². The third-order valence-electron chi connectivity index (χ3n) is 2.23. The number of rotatable bonds is 6. The van der Waals surface area contributed by atoms with Crippen LogP contribution >= 0.6 is 0 Å². The molecule has 0 spiro atoms. The van der Waals surface area contributed by atoms with Gasteiger partial charge in [-0.1, -0.05) is 0 Å². The Hall–Kier alpha value is -2.11. The summed E-state index contributed by atoms with van der Waals surface area (Å²) in [5.74, 6) is -0.0715. The fourth-order valence-electron chi connectivity index (χ4n) is 1.40. The summed E-state index contributed by atoms with van der Waals surface area (Å²) in [6.07, 6.45) is 1.89. The predicted molar refractivity (Wildman–Crippen MR) is 67.4 cm³/mol. The molecule has 1 amide bonds. The van der Waals surface area contributed by atoms with Crippen LogP contribution in [0.3, 0.4) is 0 Å². The fraction of sp³-hybridized carbons (Fsp3) is 0.417. The van der Waals surface area contributed by atoms with Gasteiger partial charge in [0.15, 0.2) is 0 Å². The van der Waals surface area contributed by atoms with Crippen molar-refractivity contribution < 1.29 is 14.3 Å². The Balaban J connectivity index is 2.57. The topological polar surface area (TPSA) is 80.3 Å². The summed E-state index contributed by atoms with van der Waals surface area (Å²) in [7, 11) is 1.31. The molecule has 0 radical (unpaired) electrons. The highest BCUT2D eigenvalue weighted by Crippen LogP contribution is 2.12. The first-order valence-corrected chi connectivity index (χ1v) is 5.73. The number of carbonyl (C=O) groups excluding carboxylic acids is 2. The number of methoxy groups -OCH3 is 1. The largest absolute Gasteiger partial charge is 0.465 e. The van der Waals surface area contributed by atoms with Crippen LogP contribution in [0.2, 0.25) is 0 Å². The van der Waals surface area contributed by atoms with Gasteiger partial charge in [-0.15, -0.1) is 0 Å². The van der Waals surface area contributed by atoms with E-state index in [2.05, 4.69) is 20.4 Å². The fourth-order valence-corrected chi connectivity index (χ4v) is 1.40. The molecular weight excluding hydrogens is 234 g/mol. The van der Waals surface area contributed by atoms with E-state index < -0.39 is 5.97 Å². The van der Waals surface area contributed by atoms with Crippen LogP contribution in [0.5, 0.6) is 0 Å². The molecule has 0 aromatic carbocycles. The van der Waals surface area contributed by atoms with Gasteiger partial charge in [0.05, 0.1) is 7.11 Å². The number of pyridine rings is 1. The SMILES string of the molecule is CCNC(=O)CCNc1ncccc1C(=O)OC. The molecule has 0 saturated heterocycles. The summed E-state index contributed by atoms with van der Waals surface area (Å²) in [6, 6.07) is 3.27. The van der Waals surface area contributed by atoms with Crippen LogP contribution < -0.4 is 10.6 Å². The van der Waals surface area contributed by atoms with Crippen molar-refractivity contribution in [3.8, 4) is 0 Å². The molecule has 2 N–H and O–H groups in total. The number of hydrogen-bond acceptors (Lipinski definition) is 5. The molecule has 0 fully saturated rings. The van der Waals surface area contributed by atoms with Crippen molar-refractivity contribution in [2.24, 2.45) is 0 Å². The maximum absolute atomic E-state index is 11.5. The van der Waals surface area contributed by atoms with Crippen LogP contribution in [0, 0.1) is 0 Å². The first-order chi connectivity index (χ1) is 8.69. The molecule has 0 saturated carbocycles. The molecule has 6 heteroatoms. The molecule has 1 heterocycles. The van der Waals surface area contributed by atoms with Crippen molar-refractivity contribution >= 4 is 17.7 Å². The molecule has 0 atom stereocenters. The minimum atomic E-state index is -0.455. The summed E-state index contributed by atoms with van der Waals surface area (Å²) in [5.41, 5.74) is 0.357.